The Balaban J connectivity index is 0. The summed E-state index contributed by atoms with van der Waals surface area (Å²) >= 11 is 8.79. The highest BCUT2D eigenvalue weighted by atomic mass is 35.5. The lowest BCUT2D eigenvalue weighted by molar-refractivity contribution is 0.112. The zero-order valence-electron chi connectivity index (χ0n) is 13.6. The van der Waals surface area contributed by atoms with E-state index in [1.54, 1.807) is 0 Å². The number of halogens is 1. The van der Waals surface area contributed by atoms with E-state index in [9.17, 15) is 4.79 Å². The second kappa shape index (κ2) is 12.7. The third-order valence-electron chi connectivity index (χ3n) is 1.63. The van der Waals surface area contributed by atoms with Crippen molar-refractivity contribution in [3.05, 3.63) is 20.8 Å². The number of aldehydes is 1. The third-order valence-corrected chi connectivity index (χ3v) is 3.87. The van der Waals surface area contributed by atoms with Gasteiger partial charge in [-0.2, -0.15) is 0 Å². The molecule has 20 heavy (non-hydrogen) atoms. The van der Waals surface area contributed by atoms with Crippen molar-refractivity contribution >= 4 is 41.3 Å². The van der Waals surface area contributed by atoms with Crippen LogP contribution in [0.3, 0.4) is 0 Å². The summed E-state index contributed by atoms with van der Waals surface area (Å²) in [6.45, 7) is 14.9. The van der Waals surface area contributed by atoms with Crippen molar-refractivity contribution in [1.29, 1.82) is 0 Å². The highest BCUT2D eigenvalue weighted by Crippen LogP contribution is 2.28. The molecule has 1 heterocycles. The van der Waals surface area contributed by atoms with Gasteiger partial charge in [0, 0.05) is 21.6 Å². The predicted octanol–water partition coefficient (Wildman–Crippen LogP) is 6.27. The first-order valence-corrected chi connectivity index (χ1v) is 8.90. The molecule has 1 aromatic heterocycles. The van der Waals surface area contributed by atoms with E-state index in [2.05, 4.69) is 20.8 Å². The zero-order chi connectivity index (χ0) is 16.2. The van der Waals surface area contributed by atoms with Crippen LogP contribution in [0.1, 0.15) is 63.7 Å². The van der Waals surface area contributed by atoms with Crippen LogP contribution in [0.4, 0.5) is 0 Å². The van der Waals surface area contributed by atoms with Crippen LogP contribution in [-0.4, -0.2) is 17.6 Å². The zero-order valence-corrected chi connectivity index (χ0v) is 16.0. The normalized spacial score (nSPS) is 10.0. The number of thiophene rings is 1. The Hall–Kier alpha value is -0.0300. The molecule has 0 unspecified atom stereocenters. The maximum absolute atomic E-state index is 10.6. The topological polar surface area (TPSA) is 26.3 Å². The predicted molar refractivity (Wildman–Crippen MR) is 94.4 cm³/mol. The van der Waals surface area contributed by atoms with Crippen LogP contribution in [0.15, 0.2) is 6.07 Å². The average Bonchev–Trinajstić information content (AvgIpc) is 2.79. The van der Waals surface area contributed by atoms with Crippen LogP contribution in [0, 0.1) is 0 Å². The fourth-order valence-corrected chi connectivity index (χ4v) is 2.74. The van der Waals surface area contributed by atoms with Gasteiger partial charge in [-0.15, -0.1) is 11.3 Å². The van der Waals surface area contributed by atoms with E-state index >= 15 is 0 Å². The Morgan fingerprint density at radius 2 is 1.85 bits per heavy atom. The molecule has 1 aromatic rings. The molecule has 0 bridgehead atoms. The van der Waals surface area contributed by atoms with E-state index in [0.29, 0.717) is 16.5 Å². The molecule has 1 rings (SSSR count). The van der Waals surface area contributed by atoms with Crippen molar-refractivity contribution in [2.24, 2.45) is 0 Å². The number of hydrogen-bond acceptors (Lipinski definition) is 4. The van der Waals surface area contributed by atoms with Crippen molar-refractivity contribution in [1.82, 2.24) is 0 Å². The largest absolute Gasteiger partial charge is 0.314 e. The van der Waals surface area contributed by atoms with Gasteiger partial charge in [0.1, 0.15) is 4.34 Å². The van der Waals surface area contributed by atoms with Crippen LogP contribution in [-0.2, 0) is 10.6 Å². The summed E-state index contributed by atoms with van der Waals surface area (Å²) < 4.78 is 6.15. The van der Waals surface area contributed by atoms with E-state index in [0.717, 1.165) is 17.6 Å². The highest BCUT2D eigenvalue weighted by Gasteiger charge is 2.12. The molecule has 0 N–H and O–H groups in total. The molecule has 0 radical (unpaired) electrons. The minimum atomic E-state index is 0.112. The van der Waals surface area contributed by atoms with Crippen molar-refractivity contribution in [3.8, 4) is 0 Å². The van der Waals surface area contributed by atoms with Crippen LogP contribution >= 0.6 is 35.0 Å². The van der Waals surface area contributed by atoms with Crippen LogP contribution in [0.5, 0.6) is 0 Å². The van der Waals surface area contributed by atoms with Crippen molar-refractivity contribution in [3.63, 3.8) is 0 Å². The lowest BCUT2D eigenvalue weighted by Crippen LogP contribution is -2.08. The van der Waals surface area contributed by atoms with Crippen LogP contribution in [0.25, 0.3) is 0 Å². The van der Waals surface area contributed by atoms with E-state index in [1.807, 2.05) is 33.8 Å². The number of hydrogen-bond donors (Lipinski definition) is 0. The van der Waals surface area contributed by atoms with Crippen molar-refractivity contribution in [2.45, 2.75) is 59.6 Å². The van der Waals surface area contributed by atoms with Crippen LogP contribution in [0.2, 0.25) is 4.34 Å². The smallest absolute Gasteiger partial charge is 0.152 e. The Labute approximate surface area is 137 Å². The van der Waals surface area contributed by atoms with Crippen molar-refractivity contribution in [2.75, 3.05) is 6.61 Å². The van der Waals surface area contributed by atoms with Gasteiger partial charge in [0.05, 0.1) is 6.61 Å². The minimum absolute atomic E-state index is 0.112. The maximum atomic E-state index is 10.6. The Morgan fingerprint density at radius 1 is 1.30 bits per heavy atom. The summed E-state index contributed by atoms with van der Waals surface area (Å²) in [4.78, 5) is 11.7. The van der Waals surface area contributed by atoms with E-state index in [-0.39, 0.29) is 4.75 Å². The lowest BCUT2D eigenvalue weighted by atomic mass is 10.3. The van der Waals surface area contributed by atoms with Gasteiger partial charge < -0.3 is 4.18 Å². The Kier molecular flexibility index (Phi) is 14.1. The van der Waals surface area contributed by atoms with Gasteiger partial charge >= 0.3 is 0 Å². The molecule has 0 saturated carbocycles. The number of carbonyl (C=O) groups is 1. The Bertz CT molecular complexity index is 357. The van der Waals surface area contributed by atoms with E-state index in [1.165, 1.54) is 23.4 Å². The molecule has 0 aliphatic heterocycles. The Morgan fingerprint density at radius 3 is 2.25 bits per heavy atom. The summed E-state index contributed by atoms with van der Waals surface area (Å²) in [5, 5.41) is 0. The summed E-state index contributed by atoms with van der Waals surface area (Å²) in [5.74, 6) is 0. The summed E-state index contributed by atoms with van der Waals surface area (Å²) in [5.41, 5.74) is 0.574. The first-order valence-electron chi connectivity index (χ1n) is 6.96. The summed E-state index contributed by atoms with van der Waals surface area (Å²) in [6.07, 6.45) is 1.58. The molecule has 0 amide bonds. The molecule has 5 heteroatoms. The van der Waals surface area contributed by atoms with E-state index in [4.69, 9.17) is 15.8 Å². The summed E-state index contributed by atoms with van der Waals surface area (Å²) in [6, 6.07) is 1.82. The molecule has 0 fully saturated rings. The first kappa shape index (κ1) is 22.3. The quantitative estimate of drug-likeness (QED) is 0.359. The molecule has 0 spiro atoms. The molecule has 0 aromatic carbocycles. The van der Waals surface area contributed by atoms with E-state index < -0.39 is 0 Å². The van der Waals surface area contributed by atoms with Gasteiger partial charge in [0.25, 0.3) is 0 Å². The standard InChI is InChI=1S/C11H15ClO2S2.2C2H6/c1-11(2,3)16-14-5-4-9-6-8(7-13)10(12)15-9;2*1-2/h6-7H,4-5H2,1-3H3;2*1-2H3. The number of rotatable bonds is 5. The van der Waals surface area contributed by atoms with Gasteiger partial charge in [0.2, 0.25) is 0 Å². The molecule has 2 nitrogen and oxygen atoms in total. The second-order valence-corrected chi connectivity index (χ2v) is 7.69. The second-order valence-electron chi connectivity index (χ2n) is 4.33. The highest BCUT2D eigenvalue weighted by molar-refractivity contribution is 7.96. The van der Waals surface area contributed by atoms with Crippen molar-refractivity contribution < 1.29 is 8.98 Å². The molecule has 0 saturated heterocycles. The molecule has 0 atom stereocenters. The molecule has 0 aliphatic rings. The molecule has 0 aliphatic carbocycles. The molecular weight excluding hydrogens is 312 g/mol. The van der Waals surface area contributed by atoms with Gasteiger partial charge in [-0.05, 0) is 38.9 Å². The third kappa shape index (κ3) is 10.7. The van der Waals surface area contributed by atoms with Crippen LogP contribution < -0.4 is 0 Å². The first-order chi connectivity index (χ1) is 9.42. The molecular formula is C15H27ClO2S2. The van der Waals surface area contributed by atoms with Gasteiger partial charge in [-0.1, -0.05) is 39.3 Å². The summed E-state index contributed by atoms with van der Waals surface area (Å²) in [7, 11) is 0. The lowest BCUT2D eigenvalue weighted by Gasteiger charge is -2.15. The fourth-order valence-electron chi connectivity index (χ4n) is 0.998. The average molecular weight is 339 g/mol. The monoisotopic (exact) mass is 338 g/mol. The molecule has 118 valence electrons. The minimum Gasteiger partial charge on any atom is -0.314 e. The number of carbonyl (C=O) groups excluding carboxylic acids is 1. The fraction of sp³-hybridized carbons (Fsp3) is 0.667. The van der Waals surface area contributed by atoms with Gasteiger partial charge in [0.15, 0.2) is 6.29 Å². The van der Waals surface area contributed by atoms with Gasteiger partial charge in [-0.3, -0.25) is 4.79 Å². The maximum Gasteiger partial charge on any atom is 0.152 e. The SMILES string of the molecule is CC.CC.CC(C)(C)SOCCc1cc(C=O)c(Cl)s1. The van der Waals surface area contributed by atoms with Gasteiger partial charge in [-0.25, -0.2) is 0 Å².